The number of hydrogen-bond donors (Lipinski definition) is 1. The van der Waals surface area contributed by atoms with Crippen LogP contribution in [0.15, 0.2) is 30.3 Å². The lowest BCUT2D eigenvalue weighted by Gasteiger charge is -1.92. The molecule has 2 rings (SSSR count). The number of epoxide rings is 1. The van der Waals surface area contributed by atoms with Crippen LogP contribution in [0.1, 0.15) is 18.1 Å². The standard InChI is InChI=1S/C10H11NO2/c11-9(12)6-8-10(13-8)7-4-2-1-3-5-7/h1-5,8,10H,6H2,(H2,11,12)/t8-,10+/m0/s1. The minimum Gasteiger partial charge on any atom is -0.370 e. The molecule has 1 fully saturated rings. The quantitative estimate of drug-likeness (QED) is 0.700. The van der Waals surface area contributed by atoms with E-state index in [0.29, 0.717) is 6.42 Å². The fourth-order valence-electron chi connectivity index (χ4n) is 1.43. The molecular formula is C10H11NO2. The number of ether oxygens (including phenoxy) is 1. The molecule has 3 heteroatoms. The second-order valence-electron chi connectivity index (χ2n) is 3.18. The Hall–Kier alpha value is -1.35. The Morgan fingerprint density at radius 3 is 2.69 bits per heavy atom. The highest BCUT2D eigenvalue weighted by molar-refractivity contribution is 5.74. The maximum Gasteiger partial charge on any atom is 0.220 e. The smallest absolute Gasteiger partial charge is 0.220 e. The van der Waals surface area contributed by atoms with Crippen molar-refractivity contribution in [2.24, 2.45) is 5.73 Å². The number of hydrogen-bond acceptors (Lipinski definition) is 2. The molecule has 2 N–H and O–H groups in total. The van der Waals surface area contributed by atoms with E-state index in [9.17, 15) is 4.79 Å². The van der Waals surface area contributed by atoms with Crippen LogP contribution < -0.4 is 5.73 Å². The highest BCUT2D eigenvalue weighted by atomic mass is 16.6. The molecule has 0 bridgehead atoms. The van der Waals surface area contributed by atoms with Crippen molar-refractivity contribution in [1.82, 2.24) is 0 Å². The molecule has 1 aliphatic heterocycles. The summed E-state index contributed by atoms with van der Waals surface area (Å²) in [7, 11) is 0. The summed E-state index contributed by atoms with van der Waals surface area (Å²) in [5.41, 5.74) is 6.17. The van der Waals surface area contributed by atoms with Crippen molar-refractivity contribution in [3.8, 4) is 0 Å². The van der Waals surface area contributed by atoms with Gasteiger partial charge in [0, 0.05) is 0 Å². The van der Waals surface area contributed by atoms with Crippen LogP contribution in [0, 0.1) is 0 Å². The van der Waals surface area contributed by atoms with Crippen LogP contribution in [0.4, 0.5) is 0 Å². The molecule has 1 aromatic rings. The number of rotatable bonds is 3. The molecule has 1 aromatic carbocycles. The summed E-state index contributed by atoms with van der Waals surface area (Å²) in [6.07, 6.45) is 0.396. The van der Waals surface area contributed by atoms with Crippen LogP contribution in [0.25, 0.3) is 0 Å². The first kappa shape index (κ1) is 8.26. The van der Waals surface area contributed by atoms with Gasteiger partial charge >= 0.3 is 0 Å². The van der Waals surface area contributed by atoms with Gasteiger partial charge in [0.05, 0.1) is 12.5 Å². The first-order valence-electron chi connectivity index (χ1n) is 4.26. The second kappa shape index (κ2) is 3.18. The number of nitrogens with two attached hydrogens (primary N) is 1. The fraction of sp³-hybridized carbons (Fsp3) is 0.300. The van der Waals surface area contributed by atoms with E-state index in [2.05, 4.69) is 0 Å². The highest BCUT2D eigenvalue weighted by Gasteiger charge is 2.40. The van der Waals surface area contributed by atoms with Crippen LogP contribution in [-0.4, -0.2) is 12.0 Å². The number of benzene rings is 1. The Kier molecular flexibility index (Phi) is 2.02. The van der Waals surface area contributed by atoms with E-state index in [1.54, 1.807) is 0 Å². The monoisotopic (exact) mass is 177 g/mol. The highest BCUT2D eigenvalue weighted by Crippen LogP contribution is 2.40. The first-order valence-corrected chi connectivity index (χ1v) is 4.26. The average molecular weight is 177 g/mol. The molecule has 1 amide bonds. The predicted molar refractivity (Wildman–Crippen MR) is 47.9 cm³/mol. The van der Waals surface area contributed by atoms with Crippen LogP contribution in [-0.2, 0) is 9.53 Å². The molecule has 0 aliphatic carbocycles. The molecule has 0 unspecified atom stereocenters. The van der Waals surface area contributed by atoms with Crippen molar-refractivity contribution in [3.63, 3.8) is 0 Å². The molecule has 0 saturated carbocycles. The zero-order valence-electron chi connectivity index (χ0n) is 7.14. The number of carbonyl (C=O) groups is 1. The van der Waals surface area contributed by atoms with E-state index >= 15 is 0 Å². The summed E-state index contributed by atoms with van der Waals surface area (Å²) in [5.74, 6) is -0.302. The Labute approximate surface area is 76.5 Å². The third kappa shape index (κ3) is 1.87. The lowest BCUT2D eigenvalue weighted by Crippen LogP contribution is -2.13. The molecule has 3 nitrogen and oxygen atoms in total. The molecule has 1 saturated heterocycles. The molecule has 0 radical (unpaired) electrons. The van der Waals surface area contributed by atoms with Crippen LogP contribution in [0.5, 0.6) is 0 Å². The van der Waals surface area contributed by atoms with Crippen molar-refractivity contribution >= 4 is 5.91 Å². The van der Waals surface area contributed by atoms with Gasteiger partial charge in [-0.05, 0) is 5.56 Å². The van der Waals surface area contributed by atoms with Gasteiger partial charge in [0.15, 0.2) is 0 Å². The van der Waals surface area contributed by atoms with E-state index in [4.69, 9.17) is 10.5 Å². The maximum absolute atomic E-state index is 10.6. The lowest BCUT2D eigenvalue weighted by molar-refractivity contribution is -0.118. The Bertz CT molecular complexity index is 310. The van der Waals surface area contributed by atoms with Gasteiger partial charge in [-0.3, -0.25) is 4.79 Å². The number of carbonyl (C=O) groups excluding carboxylic acids is 1. The zero-order valence-corrected chi connectivity index (χ0v) is 7.14. The molecule has 13 heavy (non-hydrogen) atoms. The fourth-order valence-corrected chi connectivity index (χ4v) is 1.43. The van der Waals surface area contributed by atoms with Crippen LogP contribution >= 0.6 is 0 Å². The van der Waals surface area contributed by atoms with Crippen LogP contribution in [0.3, 0.4) is 0 Å². The van der Waals surface area contributed by atoms with E-state index in [1.807, 2.05) is 30.3 Å². The van der Waals surface area contributed by atoms with Crippen molar-refractivity contribution in [2.45, 2.75) is 18.6 Å². The molecule has 1 heterocycles. The third-order valence-corrected chi connectivity index (χ3v) is 2.11. The minimum absolute atomic E-state index is 0.0000926. The zero-order chi connectivity index (χ0) is 9.26. The Morgan fingerprint density at radius 2 is 2.08 bits per heavy atom. The summed E-state index contributed by atoms with van der Waals surface area (Å²) in [6.45, 7) is 0. The van der Waals surface area contributed by atoms with Gasteiger partial charge in [-0.15, -0.1) is 0 Å². The molecule has 0 aromatic heterocycles. The van der Waals surface area contributed by atoms with E-state index in [0.717, 1.165) is 5.56 Å². The van der Waals surface area contributed by atoms with Crippen LogP contribution in [0.2, 0.25) is 0 Å². The van der Waals surface area contributed by atoms with Gasteiger partial charge in [0.25, 0.3) is 0 Å². The maximum atomic E-state index is 10.6. The normalized spacial score (nSPS) is 25.5. The molecular weight excluding hydrogens is 166 g/mol. The summed E-state index contributed by atoms with van der Waals surface area (Å²) in [5, 5.41) is 0. The van der Waals surface area contributed by atoms with Gasteiger partial charge in [0.2, 0.25) is 5.91 Å². The van der Waals surface area contributed by atoms with Gasteiger partial charge in [-0.2, -0.15) is 0 Å². The van der Waals surface area contributed by atoms with Crippen molar-refractivity contribution < 1.29 is 9.53 Å². The van der Waals surface area contributed by atoms with Crippen molar-refractivity contribution in [1.29, 1.82) is 0 Å². The summed E-state index contributed by atoms with van der Waals surface area (Å²) in [6, 6.07) is 9.85. The van der Waals surface area contributed by atoms with Gasteiger partial charge in [-0.1, -0.05) is 30.3 Å². The second-order valence-corrected chi connectivity index (χ2v) is 3.18. The van der Waals surface area contributed by atoms with Crippen molar-refractivity contribution in [3.05, 3.63) is 35.9 Å². The molecule has 68 valence electrons. The summed E-state index contributed by atoms with van der Waals surface area (Å²) in [4.78, 5) is 10.6. The lowest BCUT2D eigenvalue weighted by atomic mass is 10.1. The van der Waals surface area contributed by atoms with Gasteiger partial charge in [0.1, 0.15) is 6.10 Å². The van der Waals surface area contributed by atoms with E-state index in [-0.39, 0.29) is 18.1 Å². The Balaban J connectivity index is 1.97. The van der Waals surface area contributed by atoms with Gasteiger partial charge < -0.3 is 10.5 Å². The minimum atomic E-state index is -0.302. The van der Waals surface area contributed by atoms with E-state index in [1.165, 1.54) is 0 Å². The predicted octanol–water partition coefficient (Wildman–Crippen LogP) is 1.00. The topological polar surface area (TPSA) is 55.6 Å². The third-order valence-electron chi connectivity index (χ3n) is 2.11. The average Bonchev–Trinajstić information content (AvgIpc) is 2.84. The summed E-state index contributed by atoms with van der Waals surface area (Å²) >= 11 is 0. The van der Waals surface area contributed by atoms with Gasteiger partial charge in [-0.25, -0.2) is 0 Å². The molecule has 1 aliphatic rings. The first-order chi connectivity index (χ1) is 6.27. The Morgan fingerprint density at radius 1 is 1.38 bits per heavy atom. The van der Waals surface area contributed by atoms with E-state index < -0.39 is 0 Å². The molecule has 2 atom stereocenters. The van der Waals surface area contributed by atoms with Crippen molar-refractivity contribution in [2.75, 3.05) is 0 Å². The largest absolute Gasteiger partial charge is 0.370 e. The number of amides is 1. The molecule has 0 spiro atoms. The summed E-state index contributed by atoms with van der Waals surface area (Å²) < 4.78 is 5.31. The number of primary amides is 1. The SMILES string of the molecule is NC(=O)C[C@@H]1O[C@@H]1c1ccccc1.